The van der Waals surface area contributed by atoms with E-state index < -0.39 is 0 Å². The molecule has 44 heavy (non-hydrogen) atoms. The third kappa shape index (κ3) is 14.1. The molecule has 2 aliphatic heterocycles. The molecule has 0 aromatic carbocycles. The fraction of sp³-hybridized carbons (Fsp3) is 0.947. The molecule has 0 radical (unpaired) electrons. The van der Waals surface area contributed by atoms with Crippen molar-refractivity contribution in [2.75, 3.05) is 13.1 Å². The average molecular weight is 619 g/mol. The number of nitrogens with zero attached hydrogens (tertiary/aromatic N) is 2. The van der Waals surface area contributed by atoms with Gasteiger partial charge in [0, 0.05) is 60.2 Å². The molecule has 0 atom stereocenters. The first-order valence-electron chi connectivity index (χ1n) is 18.7. The number of piperidine rings is 2. The van der Waals surface area contributed by atoms with Crippen molar-refractivity contribution in [1.29, 1.82) is 0 Å². The van der Waals surface area contributed by atoms with Gasteiger partial charge in [-0.3, -0.25) is 9.59 Å². The Morgan fingerprint density at radius 2 is 0.795 bits per heavy atom. The number of hydrogen-bond acceptors (Lipinski definition) is 4. The van der Waals surface area contributed by atoms with Gasteiger partial charge < -0.3 is 20.4 Å². The molecule has 0 bridgehead atoms. The summed E-state index contributed by atoms with van der Waals surface area (Å²) in [6, 6.07) is 0.597. The number of amides is 2. The number of carbonyl (C=O) groups excluding carboxylic acids is 2. The van der Waals surface area contributed by atoms with Crippen molar-refractivity contribution in [3.05, 3.63) is 0 Å². The predicted molar refractivity (Wildman–Crippen MR) is 188 cm³/mol. The maximum Gasteiger partial charge on any atom is 0.222 e. The Kier molecular flexibility index (Phi) is 15.7. The highest BCUT2D eigenvalue weighted by molar-refractivity contribution is 5.77. The van der Waals surface area contributed by atoms with Crippen LogP contribution in [-0.2, 0) is 9.59 Å². The van der Waals surface area contributed by atoms with Crippen molar-refractivity contribution in [2.24, 2.45) is 0 Å². The molecule has 0 unspecified atom stereocenters. The lowest BCUT2D eigenvalue weighted by Gasteiger charge is -2.50. The Balaban J connectivity index is 1.98. The van der Waals surface area contributed by atoms with Crippen LogP contribution in [0.15, 0.2) is 0 Å². The molecule has 258 valence electrons. The van der Waals surface area contributed by atoms with Gasteiger partial charge in [-0.15, -0.1) is 0 Å². The third-order valence-corrected chi connectivity index (χ3v) is 9.90. The number of unbranched alkanes of at least 4 members (excludes halogenated alkanes) is 9. The van der Waals surface area contributed by atoms with Gasteiger partial charge in [0.2, 0.25) is 11.8 Å². The van der Waals surface area contributed by atoms with Crippen molar-refractivity contribution in [1.82, 2.24) is 20.4 Å². The molecule has 2 N–H and O–H groups in total. The van der Waals surface area contributed by atoms with E-state index >= 15 is 0 Å². The van der Waals surface area contributed by atoms with Crippen LogP contribution in [0.1, 0.15) is 185 Å². The summed E-state index contributed by atoms with van der Waals surface area (Å²) in [6.45, 7) is 24.4. The average Bonchev–Trinajstić information content (AvgIpc) is 2.87. The van der Waals surface area contributed by atoms with E-state index in [-0.39, 0.29) is 22.2 Å². The first-order valence-corrected chi connectivity index (χ1v) is 18.7. The molecule has 0 aliphatic carbocycles. The van der Waals surface area contributed by atoms with E-state index in [1.165, 1.54) is 25.7 Å². The normalized spacial score (nSPS) is 21.2. The zero-order valence-electron chi connectivity index (χ0n) is 31.0. The van der Waals surface area contributed by atoms with Crippen molar-refractivity contribution in [3.63, 3.8) is 0 Å². The van der Waals surface area contributed by atoms with Gasteiger partial charge in [0.15, 0.2) is 0 Å². The molecule has 2 heterocycles. The summed E-state index contributed by atoms with van der Waals surface area (Å²) in [5.74, 6) is 0.714. The first kappa shape index (κ1) is 39.0. The number of hydrogen-bond donors (Lipinski definition) is 2. The molecular weight excluding hydrogens is 544 g/mol. The molecule has 2 saturated heterocycles. The minimum Gasteiger partial charge on any atom is -0.340 e. The Morgan fingerprint density at radius 1 is 0.500 bits per heavy atom. The molecule has 0 aromatic heterocycles. The maximum absolute atomic E-state index is 13.6. The smallest absolute Gasteiger partial charge is 0.222 e. The molecule has 0 saturated carbocycles. The Labute approximate surface area is 273 Å². The van der Waals surface area contributed by atoms with Crippen LogP contribution in [0.25, 0.3) is 0 Å². The van der Waals surface area contributed by atoms with Gasteiger partial charge in [0.05, 0.1) is 0 Å². The number of nitrogens with one attached hydrogen (secondary N) is 2. The van der Waals surface area contributed by atoms with Gasteiger partial charge >= 0.3 is 0 Å². The van der Waals surface area contributed by atoms with E-state index in [2.05, 4.69) is 89.7 Å². The lowest BCUT2D eigenvalue weighted by atomic mass is 9.78. The van der Waals surface area contributed by atoms with Gasteiger partial charge in [-0.2, -0.15) is 0 Å². The van der Waals surface area contributed by atoms with Crippen LogP contribution in [0.5, 0.6) is 0 Å². The van der Waals surface area contributed by atoms with Crippen LogP contribution >= 0.6 is 0 Å². The summed E-state index contributed by atoms with van der Waals surface area (Å²) in [5.41, 5.74) is 0.101. The predicted octanol–water partition coefficient (Wildman–Crippen LogP) is 8.76. The summed E-state index contributed by atoms with van der Waals surface area (Å²) in [6.07, 6.45) is 18.9. The summed E-state index contributed by atoms with van der Waals surface area (Å²) in [4.78, 5) is 31.7. The van der Waals surface area contributed by atoms with Crippen LogP contribution in [0.3, 0.4) is 0 Å². The number of carbonyl (C=O) groups is 2. The summed E-state index contributed by atoms with van der Waals surface area (Å²) in [5, 5.41) is 7.60. The fourth-order valence-electron chi connectivity index (χ4n) is 8.61. The van der Waals surface area contributed by atoms with Crippen LogP contribution in [-0.4, -0.2) is 68.9 Å². The van der Waals surface area contributed by atoms with Crippen molar-refractivity contribution >= 4 is 11.8 Å². The van der Waals surface area contributed by atoms with E-state index in [9.17, 15) is 9.59 Å². The summed E-state index contributed by atoms with van der Waals surface area (Å²) >= 11 is 0. The summed E-state index contributed by atoms with van der Waals surface area (Å²) in [7, 11) is 0. The highest BCUT2D eigenvalue weighted by atomic mass is 16.2. The largest absolute Gasteiger partial charge is 0.340 e. The van der Waals surface area contributed by atoms with E-state index in [1.807, 2.05) is 0 Å². The molecule has 0 aromatic rings. The topological polar surface area (TPSA) is 64.7 Å². The molecule has 0 spiro atoms. The van der Waals surface area contributed by atoms with Gasteiger partial charge in [0.25, 0.3) is 0 Å². The van der Waals surface area contributed by atoms with Crippen molar-refractivity contribution in [3.8, 4) is 0 Å². The quantitative estimate of drug-likeness (QED) is 0.142. The van der Waals surface area contributed by atoms with Gasteiger partial charge in [-0.25, -0.2) is 0 Å². The Bertz CT molecular complexity index is 763. The first-order chi connectivity index (χ1) is 20.5. The van der Waals surface area contributed by atoms with E-state index in [4.69, 9.17) is 0 Å². The minimum absolute atomic E-state index is 0.0253. The molecule has 2 amide bonds. The second-order valence-corrected chi connectivity index (χ2v) is 17.1. The molecule has 2 rings (SSSR count). The monoisotopic (exact) mass is 619 g/mol. The van der Waals surface area contributed by atoms with E-state index in [1.54, 1.807) is 0 Å². The van der Waals surface area contributed by atoms with Gasteiger partial charge in [-0.1, -0.05) is 65.2 Å². The van der Waals surface area contributed by atoms with Crippen molar-refractivity contribution < 1.29 is 9.59 Å². The van der Waals surface area contributed by atoms with Gasteiger partial charge in [0.1, 0.15) is 0 Å². The number of rotatable bonds is 19. The Hall–Kier alpha value is -1.14. The van der Waals surface area contributed by atoms with Crippen LogP contribution < -0.4 is 10.6 Å². The van der Waals surface area contributed by atoms with Crippen LogP contribution in [0.2, 0.25) is 0 Å². The van der Waals surface area contributed by atoms with Gasteiger partial charge in [-0.05, 0) is 107 Å². The molecule has 6 nitrogen and oxygen atoms in total. The lowest BCUT2D eigenvalue weighted by Crippen LogP contribution is -2.63. The zero-order chi connectivity index (χ0) is 33.0. The van der Waals surface area contributed by atoms with E-state index in [0.717, 1.165) is 90.1 Å². The third-order valence-electron chi connectivity index (χ3n) is 9.90. The van der Waals surface area contributed by atoms with Crippen molar-refractivity contribution in [2.45, 2.75) is 219 Å². The molecular formula is C38H74N4O2. The SMILES string of the molecule is CCCCCCC(=O)N(CCCCCCN(C(=O)CCCCCC)C1CC(C)(C)NC(C)(C)C1)C1CC(C)(C)NC(C)(C)C1. The van der Waals surface area contributed by atoms with Crippen LogP contribution in [0, 0.1) is 0 Å². The second-order valence-electron chi connectivity index (χ2n) is 17.1. The van der Waals surface area contributed by atoms with Crippen LogP contribution in [0.4, 0.5) is 0 Å². The molecule has 6 heteroatoms. The molecule has 2 fully saturated rings. The highest BCUT2D eigenvalue weighted by Gasteiger charge is 2.42. The minimum atomic E-state index is 0.0253. The Morgan fingerprint density at radius 3 is 1.09 bits per heavy atom. The maximum atomic E-state index is 13.6. The fourth-order valence-corrected chi connectivity index (χ4v) is 8.61. The lowest BCUT2D eigenvalue weighted by molar-refractivity contribution is -0.136. The standard InChI is InChI=1S/C38H74N4O2/c1-11-13-15-19-23-33(43)41(31-27-35(3,4)39-36(5,6)28-31)25-21-17-18-22-26-42(34(44)24-20-16-14-12-2)32-29-37(7,8)40-38(9,10)30-32/h31-32,39-40H,11-30H2,1-10H3. The highest BCUT2D eigenvalue weighted by Crippen LogP contribution is 2.34. The van der Waals surface area contributed by atoms with E-state index in [0.29, 0.717) is 36.7 Å². The zero-order valence-corrected chi connectivity index (χ0v) is 31.0. The summed E-state index contributed by atoms with van der Waals surface area (Å²) < 4.78 is 0. The molecule has 2 aliphatic rings. The second kappa shape index (κ2) is 17.7.